The molecule has 3 rings (SSSR count). The molecule has 0 saturated carbocycles. The van der Waals surface area contributed by atoms with E-state index < -0.39 is 4.92 Å². The van der Waals surface area contributed by atoms with Crippen LogP contribution in [0.1, 0.15) is 17.2 Å². The summed E-state index contributed by atoms with van der Waals surface area (Å²) >= 11 is 0. The summed E-state index contributed by atoms with van der Waals surface area (Å²) in [6.07, 6.45) is 1.95. The minimum Gasteiger partial charge on any atom is -0.407 e. The summed E-state index contributed by atoms with van der Waals surface area (Å²) in [5.41, 5.74) is 4.90. The van der Waals surface area contributed by atoms with Crippen molar-refractivity contribution in [3.05, 3.63) is 81.9 Å². The van der Waals surface area contributed by atoms with Crippen molar-refractivity contribution in [1.82, 2.24) is 5.48 Å². The van der Waals surface area contributed by atoms with E-state index in [2.05, 4.69) is 5.48 Å². The Morgan fingerprint density at radius 3 is 2.40 bits per heavy atom. The molecule has 0 fully saturated rings. The zero-order valence-corrected chi connectivity index (χ0v) is 10.5. The van der Waals surface area contributed by atoms with Crippen LogP contribution in [0.25, 0.3) is 5.76 Å². The smallest absolute Gasteiger partial charge is 0.269 e. The van der Waals surface area contributed by atoms with Crippen LogP contribution in [0.3, 0.4) is 0 Å². The molecule has 2 aromatic carbocycles. The molecule has 20 heavy (non-hydrogen) atoms. The van der Waals surface area contributed by atoms with Gasteiger partial charge in [0, 0.05) is 17.7 Å². The Labute approximate surface area is 115 Å². The first-order valence-electron chi connectivity index (χ1n) is 6.18. The van der Waals surface area contributed by atoms with Crippen LogP contribution < -0.4 is 5.48 Å². The van der Waals surface area contributed by atoms with Crippen molar-refractivity contribution in [3.8, 4) is 0 Å². The maximum Gasteiger partial charge on any atom is 0.269 e. The molecule has 1 heterocycles. The van der Waals surface area contributed by atoms with Gasteiger partial charge in [-0.15, -0.1) is 5.48 Å². The number of nitrogens with one attached hydrogen (secondary N) is 1. The fourth-order valence-corrected chi connectivity index (χ4v) is 2.07. The van der Waals surface area contributed by atoms with E-state index >= 15 is 0 Å². The normalized spacial score (nSPS) is 17.4. The lowest BCUT2D eigenvalue weighted by Crippen LogP contribution is -2.12. The van der Waals surface area contributed by atoms with E-state index in [0.717, 1.165) is 16.9 Å². The first-order valence-corrected chi connectivity index (χ1v) is 6.18. The monoisotopic (exact) mass is 268 g/mol. The first kappa shape index (κ1) is 12.4. The second-order valence-electron chi connectivity index (χ2n) is 4.44. The Morgan fingerprint density at radius 2 is 1.75 bits per heavy atom. The highest BCUT2D eigenvalue weighted by Gasteiger charge is 2.20. The fraction of sp³-hybridized carbons (Fsp3) is 0.0667. The summed E-state index contributed by atoms with van der Waals surface area (Å²) in [7, 11) is 0. The summed E-state index contributed by atoms with van der Waals surface area (Å²) in [6.45, 7) is 0. The molecule has 2 aromatic rings. The average molecular weight is 268 g/mol. The number of benzene rings is 2. The molecule has 100 valence electrons. The molecule has 0 saturated heterocycles. The largest absolute Gasteiger partial charge is 0.407 e. The first-order chi connectivity index (χ1) is 9.74. The quantitative estimate of drug-likeness (QED) is 0.685. The van der Waals surface area contributed by atoms with E-state index in [4.69, 9.17) is 4.84 Å². The number of hydrogen-bond donors (Lipinski definition) is 1. The lowest BCUT2D eigenvalue weighted by molar-refractivity contribution is -0.384. The van der Waals surface area contributed by atoms with Crippen LogP contribution in [-0.4, -0.2) is 4.92 Å². The van der Waals surface area contributed by atoms with Gasteiger partial charge in [0.1, 0.15) is 0 Å². The Kier molecular flexibility index (Phi) is 3.18. The Hall–Kier alpha value is -2.66. The van der Waals surface area contributed by atoms with Crippen LogP contribution in [0.15, 0.2) is 60.7 Å². The van der Waals surface area contributed by atoms with Crippen LogP contribution in [0.4, 0.5) is 5.69 Å². The van der Waals surface area contributed by atoms with Crippen molar-refractivity contribution in [2.24, 2.45) is 0 Å². The standard InChI is InChI=1S/C15H12N2O3/c18-17(19)13-8-6-11(7-9-13)14-10-15(20-16-14)12-4-2-1-3-5-12/h1-10,14,16H. The van der Waals surface area contributed by atoms with Gasteiger partial charge in [0.25, 0.3) is 5.69 Å². The highest BCUT2D eigenvalue weighted by Crippen LogP contribution is 2.28. The van der Waals surface area contributed by atoms with Crippen molar-refractivity contribution in [2.75, 3.05) is 0 Å². The topological polar surface area (TPSA) is 64.4 Å². The number of nitro benzene ring substituents is 1. The highest BCUT2D eigenvalue weighted by molar-refractivity contribution is 5.62. The maximum atomic E-state index is 10.6. The number of rotatable bonds is 3. The SMILES string of the molecule is O=[N+]([O-])c1ccc(C2C=C(c3ccccc3)ON2)cc1. The number of hydroxylamine groups is 1. The molecule has 0 bridgehead atoms. The zero-order chi connectivity index (χ0) is 13.9. The molecule has 0 amide bonds. The molecular weight excluding hydrogens is 256 g/mol. The van der Waals surface area contributed by atoms with Gasteiger partial charge in [-0.2, -0.15) is 0 Å². The molecule has 1 aliphatic heterocycles. The van der Waals surface area contributed by atoms with Gasteiger partial charge in [-0.05, 0) is 11.6 Å². The van der Waals surface area contributed by atoms with Crippen molar-refractivity contribution >= 4 is 11.4 Å². The van der Waals surface area contributed by atoms with Gasteiger partial charge < -0.3 is 4.84 Å². The van der Waals surface area contributed by atoms with Gasteiger partial charge in [0.15, 0.2) is 5.76 Å². The Morgan fingerprint density at radius 1 is 1.05 bits per heavy atom. The predicted molar refractivity (Wildman–Crippen MR) is 74.5 cm³/mol. The third kappa shape index (κ3) is 2.39. The average Bonchev–Trinajstić information content (AvgIpc) is 2.98. The number of nitro groups is 1. The third-order valence-electron chi connectivity index (χ3n) is 3.14. The summed E-state index contributed by atoms with van der Waals surface area (Å²) in [5, 5.41) is 10.6. The van der Waals surface area contributed by atoms with Crippen LogP contribution in [-0.2, 0) is 4.84 Å². The lowest BCUT2D eigenvalue weighted by Gasteiger charge is -2.07. The highest BCUT2D eigenvalue weighted by atomic mass is 16.7. The van der Waals surface area contributed by atoms with Gasteiger partial charge in [0.05, 0.1) is 11.0 Å². The van der Waals surface area contributed by atoms with Gasteiger partial charge in [0.2, 0.25) is 0 Å². The fourth-order valence-electron chi connectivity index (χ4n) is 2.07. The van der Waals surface area contributed by atoms with Crippen molar-refractivity contribution < 1.29 is 9.76 Å². The van der Waals surface area contributed by atoms with Gasteiger partial charge >= 0.3 is 0 Å². The van der Waals surface area contributed by atoms with Crippen molar-refractivity contribution in [1.29, 1.82) is 0 Å². The molecule has 0 radical (unpaired) electrons. The van der Waals surface area contributed by atoms with E-state index in [1.165, 1.54) is 12.1 Å². The Balaban J connectivity index is 1.82. The summed E-state index contributed by atoms with van der Waals surface area (Å²) < 4.78 is 0. The van der Waals surface area contributed by atoms with Crippen molar-refractivity contribution in [2.45, 2.75) is 6.04 Å². The molecule has 1 unspecified atom stereocenters. The molecule has 0 aromatic heterocycles. The van der Waals surface area contributed by atoms with Crippen LogP contribution >= 0.6 is 0 Å². The second-order valence-corrected chi connectivity index (χ2v) is 4.44. The van der Waals surface area contributed by atoms with Crippen LogP contribution in [0, 0.1) is 10.1 Å². The molecule has 1 aliphatic rings. The van der Waals surface area contributed by atoms with Gasteiger partial charge in [-0.25, -0.2) is 0 Å². The van der Waals surface area contributed by atoms with E-state index in [1.54, 1.807) is 12.1 Å². The van der Waals surface area contributed by atoms with E-state index in [-0.39, 0.29) is 11.7 Å². The van der Waals surface area contributed by atoms with Crippen LogP contribution in [0.5, 0.6) is 0 Å². The molecule has 1 atom stereocenters. The summed E-state index contributed by atoms with van der Waals surface area (Å²) in [6, 6.07) is 16.1. The van der Waals surface area contributed by atoms with Crippen molar-refractivity contribution in [3.63, 3.8) is 0 Å². The van der Waals surface area contributed by atoms with Crippen LogP contribution in [0.2, 0.25) is 0 Å². The minimum atomic E-state index is -0.409. The van der Waals surface area contributed by atoms with E-state index in [9.17, 15) is 10.1 Å². The number of non-ortho nitro benzene ring substituents is 1. The molecular formula is C15H12N2O3. The number of hydrogen-bond acceptors (Lipinski definition) is 4. The van der Waals surface area contributed by atoms with Gasteiger partial charge in [-0.3, -0.25) is 10.1 Å². The second kappa shape index (κ2) is 5.14. The summed E-state index contributed by atoms with van der Waals surface area (Å²) in [4.78, 5) is 15.7. The minimum absolute atomic E-state index is 0.0833. The summed E-state index contributed by atoms with van der Waals surface area (Å²) in [5.74, 6) is 0.758. The number of nitrogens with zero attached hydrogens (tertiary/aromatic N) is 1. The lowest BCUT2D eigenvalue weighted by atomic mass is 10.1. The molecule has 5 nitrogen and oxygen atoms in total. The molecule has 0 spiro atoms. The third-order valence-corrected chi connectivity index (χ3v) is 3.14. The maximum absolute atomic E-state index is 10.6. The Bertz CT molecular complexity index is 651. The van der Waals surface area contributed by atoms with E-state index in [1.807, 2.05) is 36.4 Å². The van der Waals surface area contributed by atoms with E-state index in [0.29, 0.717) is 0 Å². The molecule has 1 N–H and O–H groups in total. The predicted octanol–water partition coefficient (Wildman–Crippen LogP) is 3.21. The molecule has 0 aliphatic carbocycles. The van der Waals surface area contributed by atoms with Gasteiger partial charge in [-0.1, -0.05) is 42.5 Å². The molecule has 5 heteroatoms. The zero-order valence-electron chi connectivity index (χ0n) is 10.5.